The number of rotatable bonds is 2. The van der Waals surface area contributed by atoms with Crippen molar-refractivity contribution in [2.45, 2.75) is 30.1 Å². The van der Waals surface area contributed by atoms with E-state index < -0.39 is 0 Å². The van der Waals surface area contributed by atoms with Crippen LogP contribution in [0.1, 0.15) is 26.2 Å². The Balaban J connectivity index is 2.39. The van der Waals surface area contributed by atoms with Gasteiger partial charge in [0.2, 0.25) is 0 Å². The van der Waals surface area contributed by atoms with E-state index in [9.17, 15) is 0 Å². The van der Waals surface area contributed by atoms with E-state index in [4.69, 9.17) is 0 Å². The summed E-state index contributed by atoms with van der Waals surface area (Å²) in [6.45, 7) is 2.26. The first-order chi connectivity index (χ1) is 4.79. The number of alkyl halides is 1. The largest absolute Gasteiger partial charge is 0.0842 e. The third-order valence-corrected chi connectivity index (χ3v) is 2.08. The van der Waals surface area contributed by atoms with Crippen molar-refractivity contribution in [2.75, 3.05) is 0 Å². The molecule has 1 aliphatic rings. The molecule has 0 nitrogen and oxygen atoms in total. The van der Waals surface area contributed by atoms with Gasteiger partial charge in [-0.25, -0.2) is 0 Å². The minimum absolute atomic E-state index is 0.787. The topological polar surface area (TPSA) is 0 Å². The van der Waals surface area contributed by atoms with Gasteiger partial charge in [-0.1, -0.05) is 53.3 Å². The second kappa shape index (κ2) is 4.16. The standard InChI is InChI=1S/C9H13I/c1-8(10)7-9-5-3-2-4-6-9/h2-3,5,8H,4,6-7H2,1H3/t8-/m0/s1. The Kier molecular flexibility index (Phi) is 3.46. The van der Waals surface area contributed by atoms with Gasteiger partial charge < -0.3 is 0 Å². The normalized spacial score (nSPS) is 20.4. The first-order valence-corrected chi connectivity index (χ1v) is 5.02. The Morgan fingerprint density at radius 2 is 2.50 bits per heavy atom. The van der Waals surface area contributed by atoms with Gasteiger partial charge in [-0.3, -0.25) is 0 Å². The monoisotopic (exact) mass is 248 g/mol. The van der Waals surface area contributed by atoms with Crippen molar-refractivity contribution < 1.29 is 0 Å². The summed E-state index contributed by atoms with van der Waals surface area (Å²) in [7, 11) is 0. The second-order valence-electron chi connectivity index (χ2n) is 2.78. The van der Waals surface area contributed by atoms with E-state index in [2.05, 4.69) is 47.7 Å². The lowest BCUT2D eigenvalue weighted by atomic mass is 10.0. The fourth-order valence-corrected chi connectivity index (χ4v) is 1.75. The van der Waals surface area contributed by atoms with E-state index in [0.717, 1.165) is 3.92 Å². The summed E-state index contributed by atoms with van der Waals surface area (Å²) in [4.78, 5) is 0. The van der Waals surface area contributed by atoms with E-state index in [1.54, 1.807) is 5.57 Å². The SMILES string of the molecule is C[C@H](I)CC1=CC=CCC1. The van der Waals surface area contributed by atoms with Gasteiger partial charge in [-0.05, 0) is 19.3 Å². The molecule has 10 heavy (non-hydrogen) atoms. The van der Waals surface area contributed by atoms with Crippen LogP contribution < -0.4 is 0 Å². The molecule has 0 heterocycles. The summed E-state index contributed by atoms with van der Waals surface area (Å²) < 4.78 is 0.787. The Morgan fingerprint density at radius 1 is 1.70 bits per heavy atom. The summed E-state index contributed by atoms with van der Waals surface area (Å²) in [6, 6.07) is 0. The zero-order valence-electron chi connectivity index (χ0n) is 6.31. The van der Waals surface area contributed by atoms with Gasteiger partial charge in [0, 0.05) is 3.92 Å². The molecule has 0 unspecified atom stereocenters. The molecule has 1 rings (SSSR count). The maximum Gasteiger partial charge on any atom is 0.0119 e. The molecule has 0 aromatic rings. The van der Waals surface area contributed by atoms with Crippen LogP contribution in [-0.4, -0.2) is 3.92 Å². The number of hydrogen-bond acceptors (Lipinski definition) is 0. The van der Waals surface area contributed by atoms with Crippen LogP contribution in [-0.2, 0) is 0 Å². The molecular formula is C9H13I. The van der Waals surface area contributed by atoms with E-state index in [-0.39, 0.29) is 0 Å². The molecule has 0 amide bonds. The molecule has 0 saturated carbocycles. The summed E-state index contributed by atoms with van der Waals surface area (Å²) in [5, 5.41) is 0. The minimum Gasteiger partial charge on any atom is -0.0842 e. The lowest BCUT2D eigenvalue weighted by Gasteiger charge is -2.09. The summed E-state index contributed by atoms with van der Waals surface area (Å²) in [5.41, 5.74) is 1.62. The van der Waals surface area contributed by atoms with E-state index >= 15 is 0 Å². The smallest absolute Gasteiger partial charge is 0.0119 e. The molecule has 0 bridgehead atoms. The highest BCUT2D eigenvalue weighted by Crippen LogP contribution is 2.20. The molecule has 0 aromatic heterocycles. The van der Waals surface area contributed by atoms with Crippen LogP contribution in [0.2, 0.25) is 0 Å². The molecule has 0 N–H and O–H groups in total. The van der Waals surface area contributed by atoms with Crippen molar-refractivity contribution >= 4 is 22.6 Å². The molecular weight excluding hydrogens is 235 g/mol. The van der Waals surface area contributed by atoms with Crippen LogP contribution in [0.15, 0.2) is 23.8 Å². The van der Waals surface area contributed by atoms with Gasteiger partial charge in [0.05, 0.1) is 0 Å². The Hall–Kier alpha value is 0.210. The fraction of sp³-hybridized carbons (Fsp3) is 0.556. The third kappa shape index (κ3) is 2.86. The zero-order chi connectivity index (χ0) is 7.40. The summed E-state index contributed by atoms with van der Waals surface area (Å²) in [5.74, 6) is 0. The molecule has 0 aromatic carbocycles. The van der Waals surface area contributed by atoms with Crippen molar-refractivity contribution in [2.24, 2.45) is 0 Å². The number of halogens is 1. The Bertz CT molecular complexity index is 154. The van der Waals surface area contributed by atoms with Crippen molar-refractivity contribution in [1.29, 1.82) is 0 Å². The predicted molar refractivity (Wildman–Crippen MR) is 54.6 cm³/mol. The van der Waals surface area contributed by atoms with Crippen LogP contribution in [0.4, 0.5) is 0 Å². The third-order valence-electron chi connectivity index (χ3n) is 1.64. The molecule has 56 valence electrons. The van der Waals surface area contributed by atoms with Gasteiger partial charge in [0.1, 0.15) is 0 Å². The van der Waals surface area contributed by atoms with Crippen LogP contribution in [0, 0.1) is 0 Å². The van der Waals surface area contributed by atoms with E-state index in [1.165, 1.54) is 19.3 Å². The van der Waals surface area contributed by atoms with Crippen LogP contribution in [0.5, 0.6) is 0 Å². The fourth-order valence-electron chi connectivity index (χ4n) is 1.18. The van der Waals surface area contributed by atoms with Gasteiger partial charge in [0.15, 0.2) is 0 Å². The molecule has 0 radical (unpaired) electrons. The van der Waals surface area contributed by atoms with E-state index in [1.807, 2.05) is 0 Å². The van der Waals surface area contributed by atoms with Gasteiger partial charge in [0.25, 0.3) is 0 Å². The van der Waals surface area contributed by atoms with Gasteiger partial charge >= 0.3 is 0 Å². The second-order valence-corrected chi connectivity index (χ2v) is 4.90. The average molecular weight is 248 g/mol. The van der Waals surface area contributed by atoms with Gasteiger partial charge in [-0.15, -0.1) is 0 Å². The van der Waals surface area contributed by atoms with Gasteiger partial charge in [-0.2, -0.15) is 0 Å². The van der Waals surface area contributed by atoms with Crippen LogP contribution >= 0.6 is 22.6 Å². The molecule has 1 aliphatic carbocycles. The molecule has 0 saturated heterocycles. The average Bonchev–Trinajstić information content (AvgIpc) is 1.88. The first kappa shape index (κ1) is 8.31. The molecule has 0 fully saturated rings. The molecule has 1 heteroatoms. The predicted octanol–water partition coefficient (Wildman–Crippen LogP) is 3.48. The van der Waals surface area contributed by atoms with Crippen molar-refractivity contribution in [3.63, 3.8) is 0 Å². The highest BCUT2D eigenvalue weighted by atomic mass is 127. The Morgan fingerprint density at radius 3 is 3.00 bits per heavy atom. The van der Waals surface area contributed by atoms with E-state index in [0.29, 0.717) is 0 Å². The number of hydrogen-bond donors (Lipinski definition) is 0. The number of allylic oxidation sites excluding steroid dienone is 4. The molecule has 0 aliphatic heterocycles. The van der Waals surface area contributed by atoms with Crippen molar-refractivity contribution in [3.05, 3.63) is 23.8 Å². The van der Waals surface area contributed by atoms with Crippen molar-refractivity contribution in [3.8, 4) is 0 Å². The van der Waals surface area contributed by atoms with Crippen molar-refractivity contribution in [1.82, 2.24) is 0 Å². The summed E-state index contributed by atoms with van der Waals surface area (Å²) >= 11 is 2.48. The molecule has 0 spiro atoms. The maximum absolute atomic E-state index is 2.48. The minimum atomic E-state index is 0.787. The Labute approximate surface area is 76.5 Å². The lowest BCUT2D eigenvalue weighted by Crippen LogP contribution is -1.95. The first-order valence-electron chi connectivity index (χ1n) is 3.77. The zero-order valence-corrected chi connectivity index (χ0v) is 8.47. The van der Waals surface area contributed by atoms with Crippen LogP contribution in [0.25, 0.3) is 0 Å². The maximum atomic E-state index is 2.48. The highest BCUT2D eigenvalue weighted by Gasteiger charge is 2.02. The summed E-state index contributed by atoms with van der Waals surface area (Å²) in [6.07, 6.45) is 10.5. The highest BCUT2D eigenvalue weighted by molar-refractivity contribution is 14.1. The quantitative estimate of drug-likeness (QED) is 0.518. The van der Waals surface area contributed by atoms with Crippen LogP contribution in [0.3, 0.4) is 0 Å². The molecule has 1 atom stereocenters. The lowest BCUT2D eigenvalue weighted by molar-refractivity contribution is 0.848.